The van der Waals surface area contributed by atoms with Crippen molar-refractivity contribution in [3.8, 4) is 5.75 Å². The summed E-state index contributed by atoms with van der Waals surface area (Å²) in [5.41, 5.74) is 6.80. The summed E-state index contributed by atoms with van der Waals surface area (Å²) >= 11 is 0. The third kappa shape index (κ3) is 4.76. The van der Waals surface area contributed by atoms with Gasteiger partial charge in [0.2, 0.25) is 0 Å². The van der Waals surface area contributed by atoms with Gasteiger partial charge in [-0.25, -0.2) is 9.52 Å². The lowest BCUT2D eigenvalue weighted by Crippen LogP contribution is -2.43. The van der Waals surface area contributed by atoms with Crippen LogP contribution >= 0.6 is 0 Å². The maximum Gasteiger partial charge on any atom is 0.333 e. The van der Waals surface area contributed by atoms with Gasteiger partial charge in [-0.1, -0.05) is 23.8 Å². The average molecular weight is 430 g/mol. The zero-order valence-corrected chi connectivity index (χ0v) is 17.9. The summed E-state index contributed by atoms with van der Waals surface area (Å²) in [6.45, 7) is 2.19. The summed E-state index contributed by atoms with van der Waals surface area (Å²) in [6.07, 6.45) is 5.99. The van der Waals surface area contributed by atoms with E-state index < -0.39 is 16.2 Å². The molecule has 0 atom stereocenters. The van der Waals surface area contributed by atoms with Crippen molar-refractivity contribution in [3.05, 3.63) is 58.1 Å². The minimum absolute atomic E-state index is 0.0482. The molecule has 2 aliphatic carbocycles. The number of amides is 2. The Hall–Kier alpha value is -2.58. The molecule has 8 heteroatoms. The second-order valence-electron chi connectivity index (χ2n) is 7.85. The maximum absolute atomic E-state index is 12.4. The molecule has 160 valence electrons. The Balaban J connectivity index is 1.32. The normalized spacial score (nSPS) is 14.8. The molecule has 0 unspecified atom stereocenters. The summed E-state index contributed by atoms with van der Waals surface area (Å²) in [5.74, 6) is 0.664. The zero-order chi connectivity index (χ0) is 21.1. The molecule has 0 aliphatic heterocycles. The van der Waals surface area contributed by atoms with Crippen molar-refractivity contribution >= 4 is 21.9 Å². The Bertz CT molecular complexity index is 1020. The van der Waals surface area contributed by atoms with Crippen molar-refractivity contribution in [2.45, 2.75) is 45.4 Å². The van der Waals surface area contributed by atoms with Crippen molar-refractivity contribution in [2.24, 2.45) is 0 Å². The van der Waals surface area contributed by atoms with Crippen LogP contribution in [0.2, 0.25) is 0 Å². The largest absolute Gasteiger partial charge is 0.492 e. The second kappa shape index (κ2) is 8.65. The van der Waals surface area contributed by atoms with E-state index >= 15 is 0 Å². The number of benzene rings is 2. The molecule has 0 bridgehead atoms. The monoisotopic (exact) mass is 429 g/mol. The van der Waals surface area contributed by atoms with Crippen LogP contribution in [-0.4, -0.2) is 27.6 Å². The van der Waals surface area contributed by atoms with E-state index in [0.717, 1.165) is 60.9 Å². The first-order valence-corrected chi connectivity index (χ1v) is 11.8. The van der Waals surface area contributed by atoms with E-state index in [1.54, 1.807) is 0 Å². The summed E-state index contributed by atoms with van der Waals surface area (Å²) in [7, 11) is -3.98. The lowest BCUT2D eigenvalue weighted by molar-refractivity contribution is 0.256. The quantitative estimate of drug-likeness (QED) is 0.590. The molecule has 0 saturated heterocycles. The van der Waals surface area contributed by atoms with E-state index in [9.17, 15) is 13.2 Å². The van der Waals surface area contributed by atoms with Gasteiger partial charge in [-0.15, -0.1) is 0 Å². The minimum atomic E-state index is -3.98. The van der Waals surface area contributed by atoms with Gasteiger partial charge in [-0.2, -0.15) is 13.1 Å². The molecule has 0 radical (unpaired) electrons. The van der Waals surface area contributed by atoms with E-state index in [4.69, 9.17) is 4.74 Å². The topological polar surface area (TPSA) is 96.5 Å². The number of fused-ring (bicyclic) bond motifs is 2. The van der Waals surface area contributed by atoms with Gasteiger partial charge in [0, 0.05) is 12.2 Å². The molecule has 0 heterocycles. The van der Waals surface area contributed by atoms with Gasteiger partial charge in [0.25, 0.3) is 0 Å². The Morgan fingerprint density at radius 3 is 2.27 bits per heavy atom. The van der Waals surface area contributed by atoms with Crippen LogP contribution in [0.1, 0.15) is 40.7 Å². The van der Waals surface area contributed by atoms with Crippen LogP contribution < -0.4 is 19.5 Å². The molecule has 0 spiro atoms. The van der Waals surface area contributed by atoms with Crippen molar-refractivity contribution in [3.63, 3.8) is 0 Å². The highest BCUT2D eigenvalue weighted by Crippen LogP contribution is 2.38. The highest BCUT2D eigenvalue weighted by atomic mass is 32.2. The minimum Gasteiger partial charge on any atom is -0.492 e. The number of rotatable bonds is 7. The fourth-order valence-electron chi connectivity index (χ4n) is 4.24. The Labute approximate surface area is 177 Å². The molecule has 2 amide bonds. The Kier molecular flexibility index (Phi) is 5.97. The first-order valence-electron chi connectivity index (χ1n) is 10.4. The molecule has 7 nitrogen and oxygen atoms in total. The van der Waals surface area contributed by atoms with Crippen molar-refractivity contribution in [1.82, 2.24) is 9.44 Å². The summed E-state index contributed by atoms with van der Waals surface area (Å²) in [4.78, 5) is 12.4. The number of urea groups is 1. The van der Waals surface area contributed by atoms with Crippen LogP contribution in [0.3, 0.4) is 0 Å². The Morgan fingerprint density at radius 2 is 1.63 bits per heavy atom. The van der Waals surface area contributed by atoms with E-state index in [2.05, 4.69) is 16.1 Å². The van der Waals surface area contributed by atoms with Crippen LogP contribution in [0.4, 0.5) is 10.5 Å². The van der Waals surface area contributed by atoms with E-state index in [-0.39, 0.29) is 13.2 Å². The first-order chi connectivity index (χ1) is 14.4. The summed E-state index contributed by atoms with van der Waals surface area (Å²) < 4.78 is 34.3. The fourth-order valence-corrected chi connectivity index (χ4v) is 4.96. The second-order valence-corrected chi connectivity index (χ2v) is 9.35. The number of hydrogen-bond acceptors (Lipinski definition) is 4. The van der Waals surface area contributed by atoms with Gasteiger partial charge >= 0.3 is 16.2 Å². The van der Waals surface area contributed by atoms with E-state index in [0.29, 0.717) is 5.75 Å². The third-order valence-electron chi connectivity index (χ3n) is 5.62. The molecule has 2 aromatic rings. The van der Waals surface area contributed by atoms with Crippen LogP contribution in [0, 0.1) is 6.92 Å². The molecular formula is C22H27N3O4S. The van der Waals surface area contributed by atoms with Crippen LogP contribution in [0.15, 0.2) is 30.3 Å². The fraction of sp³-hybridized carbons (Fsp3) is 0.409. The van der Waals surface area contributed by atoms with Crippen molar-refractivity contribution in [1.29, 1.82) is 0 Å². The molecular weight excluding hydrogens is 402 g/mol. The van der Waals surface area contributed by atoms with Crippen molar-refractivity contribution in [2.75, 3.05) is 18.5 Å². The standard InChI is InChI=1S/C22H27N3O4S/c1-15-8-10-18(11-9-15)29-13-12-23-30(27,28)25-22(26)24-21-19-6-2-4-16(19)14-17-5-3-7-20(17)21/h8-11,14,23H,2-7,12-13H2,1H3,(H2,24,25,26). The molecule has 0 aromatic heterocycles. The van der Waals surface area contributed by atoms with Gasteiger partial charge < -0.3 is 10.1 Å². The molecule has 30 heavy (non-hydrogen) atoms. The average Bonchev–Trinajstić information content (AvgIpc) is 3.35. The lowest BCUT2D eigenvalue weighted by atomic mass is 9.99. The maximum atomic E-state index is 12.4. The number of hydrogen-bond donors (Lipinski definition) is 3. The number of ether oxygens (including phenoxy) is 1. The SMILES string of the molecule is Cc1ccc(OCCNS(=O)(=O)NC(=O)Nc2c3c(cc4c2CCC4)CCC3)cc1. The number of carbonyl (C=O) groups is 1. The summed E-state index contributed by atoms with van der Waals surface area (Å²) in [5, 5.41) is 2.82. The molecule has 2 aromatic carbocycles. The van der Waals surface area contributed by atoms with Crippen LogP contribution in [-0.2, 0) is 35.9 Å². The predicted octanol–water partition coefficient (Wildman–Crippen LogP) is 3.01. The molecule has 2 aliphatic rings. The summed E-state index contributed by atoms with van der Waals surface area (Å²) in [6, 6.07) is 9.01. The van der Waals surface area contributed by atoms with Gasteiger partial charge in [0.1, 0.15) is 12.4 Å². The van der Waals surface area contributed by atoms with Gasteiger partial charge in [-0.05, 0) is 79.8 Å². The first kappa shape index (κ1) is 20.7. The molecule has 0 fully saturated rings. The number of carbonyl (C=O) groups excluding carboxylic acids is 1. The van der Waals surface area contributed by atoms with E-state index in [1.165, 1.54) is 11.1 Å². The van der Waals surface area contributed by atoms with Crippen LogP contribution in [0.5, 0.6) is 5.75 Å². The van der Waals surface area contributed by atoms with Gasteiger partial charge in [0.05, 0.1) is 0 Å². The lowest BCUT2D eigenvalue weighted by Gasteiger charge is -2.16. The smallest absolute Gasteiger partial charge is 0.333 e. The van der Waals surface area contributed by atoms with Crippen LogP contribution in [0.25, 0.3) is 0 Å². The van der Waals surface area contributed by atoms with Crippen molar-refractivity contribution < 1.29 is 17.9 Å². The number of aryl methyl sites for hydroxylation is 3. The predicted molar refractivity (Wildman–Crippen MR) is 116 cm³/mol. The third-order valence-corrected chi connectivity index (χ3v) is 6.66. The molecule has 4 rings (SSSR count). The van der Waals surface area contributed by atoms with Gasteiger partial charge in [-0.3, -0.25) is 0 Å². The number of nitrogens with one attached hydrogen (secondary N) is 3. The zero-order valence-electron chi connectivity index (χ0n) is 17.1. The number of anilines is 1. The molecule has 3 N–H and O–H groups in total. The highest BCUT2D eigenvalue weighted by molar-refractivity contribution is 7.88. The molecule has 0 saturated carbocycles. The Morgan fingerprint density at radius 1 is 1.00 bits per heavy atom. The van der Waals surface area contributed by atoms with Gasteiger partial charge in [0.15, 0.2) is 0 Å². The highest BCUT2D eigenvalue weighted by Gasteiger charge is 2.25. The van der Waals surface area contributed by atoms with E-state index in [1.807, 2.05) is 35.9 Å².